The van der Waals surface area contributed by atoms with Gasteiger partial charge >= 0.3 is 5.97 Å². The number of nitrogens with one attached hydrogen (secondary N) is 1. The topological polar surface area (TPSA) is 84.9 Å². The maximum absolute atomic E-state index is 13.8. The van der Waals surface area contributed by atoms with Crippen LogP contribution < -0.4 is 14.8 Å². The van der Waals surface area contributed by atoms with E-state index in [0.717, 1.165) is 6.07 Å². The molecule has 1 aromatic rings. The highest BCUT2D eigenvalue weighted by Crippen LogP contribution is 2.29. The van der Waals surface area contributed by atoms with Gasteiger partial charge in [-0.05, 0) is 13.0 Å². The van der Waals surface area contributed by atoms with Crippen molar-refractivity contribution in [3.05, 3.63) is 23.5 Å². The minimum absolute atomic E-state index is 0.167. The van der Waals surface area contributed by atoms with Crippen LogP contribution in [0.15, 0.2) is 12.1 Å². The summed E-state index contributed by atoms with van der Waals surface area (Å²) in [6.45, 7) is 1.52. The Morgan fingerprint density at radius 3 is 2.35 bits per heavy atom. The minimum atomic E-state index is -1.05. The molecule has 0 radical (unpaired) electrons. The molecule has 0 aliphatic rings. The van der Waals surface area contributed by atoms with Gasteiger partial charge < -0.3 is 19.9 Å². The first kappa shape index (κ1) is 15.7. The number of carboxylic acid groups (broad SMARTS) is 1. The van der Waals surface area contributed by atoms with Crippen molar-refractivity contribution in [3.8, 4) is 11.5 Å². The molecule has 0 aliphatic heterocycles. The summed E-state index contributed by atoms with van der Waals surface area (Å²) in [5, 5.41) is 11.0. The zero-order chi connectivity index (χ0) is 15.3. The number of halogens is 1. The van der Waals surface area contributed by atoms with E-state index in [4.69, 9.17) is 14.6 Å². The van der Waals surface area contributed by atoms with Crippen LogP contribution in [0.3, 0.4) is 0 Å². The quantitative estimate of drug-likeness (QED) is 0.826. The molecule has 0 saturated heterocycles. The number of amides is 1. The number of aliphatic carboxylic acids is 1. The molecule has 0 bridgehead atoms. The summed E-state index contributed by atoms with van der Waals surface area (Å²) in [4.78, 5) is 22.4. The Labute approximate surface area is 115 Å². The fourth-order valence-electron chi connectivity index (χ4n) is 1.64. The van der Waals surface area contributed by atoms with E-state index in [2.05, 4.69) is 5.32 Å². The predicted molar refractivity (Wildman–Crippen MR) is 68.7 cm³/mol. The third-order valence-corrected chi connectivity index (χ3v) is 2.58. The summed E-state index contributed by atoms with van der Waals surface area (Å²) < 4.78 is 23.7. The van der Waals surface area contributed by atoms with Gasteiger partial charge in [-0.15, -0.1) is 0 Å². The zero-order valence-electron chi connectivity index (χ0n) is 11.4. The summed E-state index contributed by atoms with van der Waals surface area (Å²) in [6.07, 6.45) is -0.249. The molecule has 1 rings (SSSR count). The zero-order valence-corrected chi connectivity index (χ0v) is 11.4. The first-order valence-electron chi connectivity index (χ1n) is 5.83. The molecule has 1 unspecified atom stereocenters. The molecule has 6 nitrogen and oxygen atoms in total. The third kappa shape index (κ3) is 3.84. The first-order chi connectivity index (χ1) is 9.38. The van der Waals surface area contributed by atoms with Gasteiger partial charge in [-0.3, -0.25) is 9.59 Å². The van der Waals surface area contributed by atoms with Crippen molar-refractivity contribution in [2.75, 3.05) is 14.2 Å². The lowest BCUT2D eigenvalue weighted by molar-refractivity contribution is -0.137. The van der Waals surface area contributed by atoms with Gasteiger partial charge in [0, 0.05) is 12.1 Å². The number of hydrogen-bond acceptors (Lipinski definition) is 4. The van der Waals surface area contributed by atoms with Gasteiger partial charge in [0.05, 0.1) is 26.2 Å². The Morgan fingerprint density at radius 2 is 1.85 bits per heavy atom. The van der Waals surface area contributed by atoms with Gasteiger partial charge in [0.25, 0.3) is 5.91 Å². The number of rotatable bonds is 6. The van der Waals surface area contributed by atoms with E-state index in [9.17, 15) is 14.0 Å². The Morgan fingerprint density at radius 1 is 1.30 bits per heavy atom. The number of benzene rings is 1. The highest BCUT2D eigenvalue weighted by atomic mass is 19.1. The molecule has 110 valence electrons. The van der Waals surface area contributed by atoms with E-state index in [1.54, 1.807) is 0 Å². The predicted octanol–water partition coefficient (Wildman–Crippen LogP) is 1.44. The molecule has 1 atom stereocenters. The van der Waals surface area contributed by atoms with Gasteiger partial charge in [0.2, 0.25) is 0 Å². The summed E-state index contributed by atoms with van der Waals surface area (Å²) in [7, 11) is 2.72. The highest BCUT2D eigenvalue weighted by molar-refractivity contribution is 5.95. The van der Waals surface area contributed by atoms with Crippen LogP contribution in [0, 0.1) is 5.82 Å². The molecule has 1 aromatic carbocycles. The molecule has 0 heterocycles. The van der Waals surface area contributed by atoms with Crippen LogP contribution in [-0.4, -0.2) is 37.2 Å². The van der Waals surface area contributed by atoms with Crippen molar-refractivity contribution >= 4 is 11.9 Å². The average Bonchev–Trinajstić information content (AvgIpc) is 2.36. The van der Waals surface area contributed by atoms with Crippen LogP contribution >= 0.6 is 0 Å². The van der Waals surface area contributed by atoms with Crippen LogP contribution in [0.5, 0.6) is 11.5 Å². The lowest BCUT2D eigenvalue weighted by Gasteiger charge is -2.14. The minimum Gasteiger partial charge on any atom is -0.493 e. The van der Waals surface area contributed by atoms with Crippen molar-refractivity contribution in [3.63, 3.8) is 0 Å². The number of hydrogen-bond donors (Lipinski definition) is 2. The maximum atomic E-state index is 13.8. The largest absolute Gasteiger partial charge is 0.493 e. The second-order valence-electron chi connectivity index (χ2n) is 4.16. The van der Waals surface area contributed by atoms with Gasteiger partial charge in [0.1, 0.15) is 5.82 Å². The average molecular weight is 285 g/mol. The fourth-order valence-corrected chi connectivity index (χ4v) is 1.64. The van der Waals surface area contributed by atoms with Gasteiger partial charge in [-0.25, -0.2) is 4.39 Å². The van der Waals surface area contributed by atoms with E-state index in [1.165, 1.54) is 27.2 Å². The second kappa shape index (κ2) is 6.74. The maximum Gasteiger partial charge on any atom is 0.305 e. The summed E-state index contributed by atoms with van der Waals surface area (Å²) in [6, 6.07) is 1.62. The van der Waals surface area contributed by atoms with E-state index in [-0.39, 0.29) is 23.5 Å². The van der Waals surface area contributed by atoms with Crippen molar-refractivity contribution in [1.29, 1.82) is 0 Å². The van der Waals surface area contributed by atoms with Gasteiger partial charge in [0.15, 0.2) is 11.5 Å². The monoisotopic (exact) mass is 285 g/mol. The van der Waals surface area contributed by atoms with Crippen LogP contribution in [0.1, 0.15) is 23.7 Å². The Bertz CT molecular complexity index is 518. The Balaban J connectivity index is 2.95. The molecule has 7 heteroatoms. The molecule has 20 heavy (non-hydrogen) atoms. The van der Waals surface area contributed by atoms with Crippen molar-refractivity contribution in [1.82, 2.24) is 5.32 Å². The third-order valence-electron chi connectivity index (χ3n) is 2.58. The van der Waals surface area contributed by atoms with Gasteiger partial charge in [-0.1, -0.05) is 0 Å². The highest BCUT2D eigenvalue weighted by Gasteiger charge is 2.19. The van der Waals surface area contributed by atoms with Gasteiger partial charge in [-0.2, -0.15) is 0 Å². The SMILES string of the molecule is COc1cc(F)c(C(=O)NC(C)CC(=O)O)cc1OC. The summed E-state index contributed by atoms with van der Waals surface area (Å²) in [5.74, 6) is -2.16. The second-order valence-corrected chi connectivity index (χ2v) is 4.16. The van der Waals surface area contributed by atoms with Crippen LogP contribution in [0.4, 0.5) is 4.39 Å². The van der Waals surface area contributed by atoms with Crippen molar-refractivity contribution in [2.24, 2.45) is 0 Å². The van der Waals surface area contributed by atoms with Crippen LogP contribution in [0.2, 0.25) is 0 Å². The van der Waals surface area contributed by atoms with Crippen molar-refractivity contribution in [2.45, 2.75) is 19.4 Å². The van der Waals surface area contributed by atoms with Crippen LogP contribution in [-0.2, 0) is 4.79 Å². The molecule has 0 aliphatic carbocycles. The lowest BCUT2D eigenvalue weighted by atomic mass is 10.1. The smallest absolute Gasteiger partial charge is 0.305 e. The first-order valence-corrected chi connectivity index (χ1v) is 5.83. The summed E-state index contributed by atoms with van der Waals surface area (Å²) >= 11 is 0. The van der Waals surface area contributed by atoms with Crippen LogP contribution in [0.25, 0.3) is 0 Å². The van der Waals surface area contributed by atoms with E-state index in [0.29, 0.717) is 0 Å². The molecule has 0 saturated carbocycles. The number of carbonyl (C=O) groups is 2. The number of carboxylic acids is 1. The van der Waals surface area contributed by atoms with Crippen molar-refractivity contribution < 1.29 is 28.6 Å². The number of carbonyl (C=O) groups excluding carboxylic acids is 1. The molecule has 2 N–H and O–H groups in total. The standard InChI is InChI=1S/C13H16FNO5/c1-7(4-12(16)17)15-13(18)8-5-10(19-2)11(20-3)6-9(8)14/h5-7H,4H2,1-3H3,(H,15,18)(H,16,17). The number of methoxy groups -OCH3 is 2. The lowest BCUT2D eigenvalue weighted by Crippen LogP contribution is -2.34. The summed E-state index contributed by atoms with van der Waals surface area (Å²) in [5.41, 5.74) is -0.236. The molecular formula is C13H16FNO5. The van der Waals surface area contributed by atoms with E-state index < -0.39 is 23.7 Å². The van der Waals surface area contributed by atoms with E-state index >= 15 is 0 Å². The molecule has 0 spiro atoms. The number of ether oxygens (including phenoxy) is 2. The Kier molecular flexibility index (Phi) is 5.31. The molecule has 0 fully saturated rings. The normalized spacial score (nSPS) is 11.6. The fraction of sp³-hybridized carbons (Fsp3) is 0.385. The molecule has 1 amide bonds. The van der Waals surface area contributed by atoms with E-state index in [1.807, 2.05) is 0 Å². The molecule has 0 aromatic heterocycles. The molecular weight excluding hydrogens is 269 g/mol. The Hall–Kier alpha value is -2.31.